The molecule has 1 aromatic carbocycles. The smallest absolute Gasteiger partial charge is 0.343 e. The summed E-state index contributed by atoms with van der Waals surface area (Å²) in [4.78, 5) is 27.1. The van der Waals surface area contributed by atoms with E-state index in [0.29, 0.717) is 5.56 Å². The second kappa shape index (κ2) is 4.82. The summed E-state index contributed by atoms with van der Waals surface area (Å²) < 4.78 is 18.6. The third-order valence-electron chi connectivity index (χ3n) is 2.99. The summed E-state index contributed by atoms with van der Waals surface area (Å²) in [5, 5.41) is 9.11. The minimum Gasteiger partial charge on any atom is -0.477 e. The molecule has 0 bridgehead atoms. The molecule has 3 aromatic rings. The molecule has 0 fully saturated rings. The average molecular weight is 285 g/mol. The van der Waals surface area contributed by atoms with Crippen LogP contribution in [0.3, 0.4) is 0 Å². The molecule has 0 radical (unpaired) electrons. The van der Waals surface area contributed by atoms with E-state index in [9.17, 15) is 19.1 Å². The van der Waals surface area contributed by atoms with E-state index >= 15 is 0 Å². The Morgan fingerprint density at radius 3 is 2.62 bits per heavy atom. The van der Waals surface area contributed by atoms with Gasteiger partial charge in [0.1, 0.15) is 0 Å². The van der Waals surface area contributed by atoms with E-state index in [1.165, 1.54) is 0 Å². The monoisotopic (exact) mass is 285 g/mol. The zero-order valence-corrected chi connectivity index (χ0v) is 10.5. The lowest BCUT2D eigenvalue weighted by Gasteiger charge is -2.06. The molecule has 5 nitrogen and oxygen atoms in total. The van der Waals surface area contributed by atoms with Crippen molar-refractivity contribution in [2.24, 2.45) is 0 Å². The van der Waals surface area contributed by atoms with Gasteiger partial charge in [0, 0.05) is 11.6 Å². The maximum Gasteiger partial charge on any atom is 0.343 e. The van der Waals surface area contributed by atoms with Crippen LogP contribution in [0.1, 0.15) is 10.4 Å². The van der Waals surface area contributed by atoms with E-state index < -0.39 is 22.9 Å². The van der Waals surface area contributed by atoms with E-state index in [0.717, 1.165) is 12.3 Å². The highest BCUT2D eigenvalue weighted by atomic mass is 19.1. The Labute approximate surface area is 117 Å². The highest BCUT2D eigenvalue weighted by molar-refractivity contribution is 5.97. The highest BCUT2D eigenvalue weighted by Gasteiger charge is 2.22. The van der Waals surface area contributed by atoms with Crippen molar-refractivity contribution in [3.8, 4) is 11.3 Å². The molecule has 0 atom stereocenters. The number of hydrogen-bond donors (Lipinski definition) is 1. The Kier molecular flexibility index (Phi) is 2.98. The SMILES string of the molecule is O=C(O)c1c(-c2ccccc2)oc2cnc(F)cc2c1=O. The molecule has 21 heavy (non-hydrogen) atoms. The Morgan fingerprint density at radius 1 is 1.24 bits per heavy atom. The molecule has 0 spiro atoms. The number of halogens is 1. The van der Waals surface area contributed by atoms with Gasteiger partial charge in [-0.05, 0) is 0 Å². The summed E-state index contributed by atoms with van der Waals surface area (Å²) in [6.45, 7) is 0. The molecule has 0 aliphatic carbocycles. The van der Waals surface area contributed by atoms with Gasteiger partial charge in [0.25, 0.3) is 0 Å². The van der Waals surface area contributed by atoms with Crippen LogP contribution >= 0.6 is 0 Å². The number of rotatable bonds is 2. The Bertz CT molecular complexity index is 903. The first-order valence-electron chi connectivity index (χ1n) is 5.99. The van der Waals surface area contributed by atoms with Crippen LogP contribution in [0.15, 0.2) is 51.8 Å². The summed E-state index contributed by atoms with van der Waals surface area (Å²) in [7, 11) is 0. The number of fused-ring (bicyclic) bond motifs is 1. The molecule has 0 saturated carbocycles. The van der Waals surface area contributed by atoms with Crippen LogP contribution in [0.5, 0.6) is 0 Å². The number of pyridine rings is 1. The van der Waals surface area contributed by atoms with Crippen LogP contribution in [0.25, 0.3) is 22.3 Å². The fraction of sp³-hybridized carbons (Fsp3) is 0. The fourth-order valence-corrected chi connectivity index (χ4v) is 2.06. The largest absolute Gasteiger partial charge is 0.477 e. The summed E-state index contributed by atoms with van der Waals surface area (Å²) >= 11 is 0. The number of nitrogens with zero attached hydrogens (tertiary/aromatic N) is 1. The number of aromatic nitrogens is 1. The number of aromatic carboxylic acids is 1. The first-order chi connectivity index (χ1) is 10.1. The van der Waals surface area contributed by atoms with Gasteiger partial charge in [-0.2, -0.15) is 4.39 Å². The van der Waals surface area contributed by atoms with Crippen molar-refractivity contribution in [1.29, 1.82) is 0 Å². The van der Waals surface area contributed by atoms with Gasteiger partial charge in [-0.15, -0.1) is 0 Å². The topological polar surface area (TPSA) is 80.4 Å². The normalized spacial score (nSPS) is 10.7. The zero-order valence-electron chi connectivity index (χ0n) is 10.5. The van der Waals surface area contributed by atoms with Crippen LogP contribution in [0, 0.1) is 5.95 Å². The van der Waals surface area contributed by atoms with Gasteiger partial charge < -0.3 is 9.52 Å². The van der Waals surface area contributed by atoms with E-state index in [-0.39, 0.29) is 16.7 Å². The highest BCUT2D eigenvalue weighted by Crippen LogP contribution is 2.25. The van der Waals surface area contributed by atoms with Crippen LogP contribution in [-0.4, -0.2) is 16.1 Å². The number of carboxylic acid groups (broad SMARTS) is 1. The first-order valence-corrected chi connectivity index (χ1v) is 5.99. The quantitative estimate of drug-likeness (QED) is 0.732. The second-order valence-electron chi connectivity index (χ2n) is 4.31. The molecule has 2 aromatic heterocycles. The summed E-state index contributed by atoms with van der Waals surface area (Å²) in [6, 6.07) is 9.23. The van der Waals surface area contributed by atoms with Crippen LogP contribution in [0.4, 0.5) is 4.39 Å². The van der Waals surface area contributed by atoms with Crippen molar-refractivity contribution in [3.63, 3.8) is 0 Å². The molecular weight excluding hydrogens is 277 g/mol. The molecule has 0 aliphatic rings. The molecule has 6 heteroatoms. The summed E-state index contributed by atoms with van der Waals surface area (Å²) in [5.74, 6) is -2.38. The minimum absolute atomic E-state index is 0.0326. The van der Waals surface area contributed by atoms with Crippen LogP contribution in [0.2, 0.25) is 0 Å². The lowest BCUT2D eigenvalue weighted by Crippen LogP contribution is -2.16. The molecular formula is C15H8FNO4. The van der Waals surface area contributed by atoms with Gasteiger partial charge in [0.15, 0.2) is 16.9 Å². The molecule has 0 aliphatic heterocycles. The standard InChI is InChI=1S/C15H8FNO4/c16-11-6-9-10(7-17-11)21-14(8-4-2-1-3-5-8)12(13(9)18)15(19)20/h1-7H,(H,19,20). The van der Waals surface area contributed by atoms with E-state index in [1.807, 2.05) is 0 Å². The van der Waals surface area contributed by atoms with Gasteiger partial charge >= 0.3 is 5.97 Å². The number of carbonyl (C=O) groups is 1. The fourth-order valence-electron chi connectivity index (χ4n) is 2.06. The van der Waals surface area contributed by atoms with Crippen molar-refractivity contribution >= 4 is 16.9 Å². The maximum absolute atomic E-state index is 13.1. The molecule has 0 amide bonds. The third-order valence-corrected chi connectivity index (χ3v) is 2.99. The van der Waals surface area contributed by atoms with Crippen LogP contribution < -0.4 is 5.43 Å². The Hall–Kier alpha value is -3.02. The molecule has 2 heterocycles. The van der Waals surface area contributed by atoms with Gasteiger partial charge in [0.05, 0.1) is 11.6 Å². The average Bonchev–Trinajstić information content (AvgIpc) is 2.48. The Balaban J connectivity index is 2.45. The van der Waals surface area contributed by atoms with Gasteiger partial charge in [-0.3, -0.25) is 4.79 Å². The predicted octanol–water partition coefficient (Wildman–Crippen LogP) is 2.69. The second-order valence-corrected chi connectivity index (χ2v) is 4.31. The molecule has 104 valence electrons. The number of hydrogen-bond acceptors (Lipinski definition) is 4. The zero-order chi connectivity index (χ0) is 15.0. The predicted molar refractivity (Wildman–Crippen MR) is 72.6 cm³/mol. The molecule has 1 N–H and O–H groups in total. The molecule has 0 unspecified atom stereocenters. The van der Waals surface area contributed by atoms with Gasteiger partial charge in [-0.25, -0.2) is 9.78 Å². The van der Waals surface area contributed by atoms with Gasteiger partial charge in [-0.1, -0.05) is 30.3 Å². The van der Waals surface area contributed by atoms with E-state index in [4.69, 9.17) is 4.42 Å². The van der Waals surface area contributed by atoms with Gasteiger partial charge in [0.2, 0.25) is 11.4 Å². The van der Waals surface area contributed by atoms with E-state index in [1.54, 1.807) is 30.3 Å². The molecule has 0 saturated heterocycles. The maximum atomic E-state index is 13.1. The summed E-state index contributed by atoms with van der Waals surface area (Å²) in [6.07, 6.45) is 1.06. The van der Waals surface area contributed by atoms with Crippen molar-refractivity contribution in [2.45, 2.75) is 0 Å². The van der Waals surface area contributed by atoms with Crippen molar-refractivity contribution < 1.29 is 18.7 Å². The lowest BCUT2D eigenvalue weighted by atomic mass is 10.1. The minimum atomic E-state index is -1.43. The van der Waals surface area contributed by atoms with Crippen molar-refractivity contribution in [2.75, 3.05) is 0 Å². The third kappa shape index (κ3) is 2.16. The van der Waals surface area contributed by atoms with Crippen molar-refractivity contribution in [1.82, 2.24) is 4.98 Å². The number of benzene rings is 1. The molecule has 3 rings (SSSR count). The van der Waals surface area contributed by atoms with Crippen LogP contribution in [-0.2, 0) is 0 Å². The lowest BCUT2D eigenvalue weighted by molar-refractivity contribution is 0.0694. The number of carboxylic acids is 1. The van der Waals surface area contributed by atoms with Crippen molar-refractivity contribution in [3.05, 3.63) is 64.3 Å². The summed E-state index contributed by atoms with van der Waals surface area (Å²) in [5.41, 5.74) is -0.855. The Morgan fingerprint density at radius 2 is 1.95 bits per heavy atom. The first kappa shape index (κ1) is 13.0. The van der Waals surface area contributed by atoms with E-state index in [2.05, 4.69) is 4.98 Å².